The molecule has 132 valence electrons. The standard InChI is InChI=1S/C19H21NO5/c1-4-24-19(22)14-8-7-9-15(12-14)20-18(21)13(2)25-17-11-6-5-10-16(17)23-3/h5-13H,4H2,1-3H3,(H,20,21)/t13-/m1/s1. The Kier molecular flexibility index (Phi) is 6.39. The van der Waals surface area contributed by atoms with Crippen molar-refractivity contribution in [2.45, 2.75) is 20.0 Å². The van der Waals surface area contributed by atoms with E-state index in [2.05, 4.69) is 5.32 Å². The number of methoxy groups -OCH3 is 1. The number of amides is 1. The van der Waals surface area contributed by atoms with E-state index in [1.54, 1.807) is 56.3 Å². The second kappa shape index (κ2) is 8.73. The van der Waals surface area contributed by atoms with Gasteiger partial charge in [-0.2, -0.15) is 0 Å². The average molecular weight is 343 g/mol. The first-order valence-corrected chi connectivity index (χ1v) is 7.93. The predicted octanol–water partition coefficient (Wildman–Crippen LogP) is 3.28. The van der Waals surface area contributed by atoms with E-state index in [0.717, 1.165) is 0 Å². The molecule has 0 heterocycles. The number of hydrogen-bond donors (Lipinski definition) is 1. The molecule has 2 rings (SSSR count). The van der Waals surface area contributed by atoms with Crippen molar-refractivity contribution < 1.29 is 23.8 Å². The summed E-state index contributed by atoms with van der Waals surface area (Å²) in [6.07, 6.45) is -0.748. The molecule has 6 heteroatoms. The van der Waals surface area contributed by atoms with Crippen LogP contribution in [0.3, 0.4) is 0 Å². The number of benzene rings is 2. The van der Waals surface area contributed by atoms with Crippen molar-refractivity contribution >= 4 is 17.6 Å². The van der Waals surface area contributed by atoms with Crippen molar-refractivity contribution in [3.63, 3.8) is 0 Å². The number of carbonyl (C=O) groups excluding carboxylic acids is 2. The Morgan fingerprint density at radius 3 is 2.48 bits per heavy atom. The van der Waals surface area contributed by atoms with Gasteiger partial charge in [-0.25, -0.2) is 4.79 Å². The van der Waals surface area contributed by atoms with Gasteiger partial charge in [-0.1, -0.05) is 18.2 Å². The minimum absolute atomic E-state index is 0.291. The van der Waals surface area contributed by atoms with E-state index < -0.39 is 12.1 Å². The lowest BCUT2D eigenvalue weighted by Crippen LogP contribution is -2.30. The highest BCUT2D eigenvalue weighted by Gasteiger charge is 2.17. The Morgan fingerprint density at radius 2 is 1.80 bits per heavy atom. The first-order chi connectivity index (χ1) is 12.0. The molecule has 0 unspecified atom stereocenters. The maximum atomic E-state index is 12.3. The summed E-state index contributed by atoms with van der Waals surface area (Å²) in [5.41, 5.74) is 0.865. The monoisotopic (exact) mass is 343 g/mol. The number of anilines is 1. The van der Waals surface area contributed by atoms with Crippen molar-refractivity contribution in [2.24, 2.45) is 0 Å². The van der Waals surface area contributed by atoms with Gasteiger partial charge in [-0.05, 0) is 44.2 Å². The van der Waals surface area contributed by atoms with Crippen LogP contribution < -0.4 is 14.8 Å². The molecule has 1 atom stereocenters. The number of ether oxygens (including phenoxy) is 3. The molecule has 1 N–H and O–H groups in total. The van der Waals surface area contributed by atoms with Crippen LogP contribution in [0.5, 0.6) is 11.5 Å². The van der Waals surface area contributed by atoms with Gasteiger partial charge >= 0.3 is 5.97 Å². The Hall–Kier alpha value is -3.02. The summed E-state index contributed by atoms with van der Waals surface area (Å²) in [5.74, 6) is 0.253. The number of esters is 1. The summed E-state index contributed by atoms with van der Waals surface area (Å²) in [6, 6.07) is 13.6. The average Bonchev–Trinajstić information content (AvgIpc) is 2.62. The quantitative estimate of drug-likeness (QED) is 0.781. The molecule has 0 bridgehead atoms. The SMILES string of the molecule is CCOC(=O)c1cccc(NC(=O)[C@@H](C)Oc2ccccc2OC)c1. The van der Waals surface area contributed by atoms with Crippen LogP contribution in [0.25, 0.3) is 0 Å². The number of para-hydroxylation sites is 2. The fourth-order valence-corrected chi connectivity index (χ4v) is 2.14. The highest BCUT2D eigenvalue weighted by atomic mass is 16.5. The number of hydrogen-bond acceptors (Lipinski definition) is 5. The molecule has 0 aliphatic carbocycles. The topological polar surface area (TPSA) is 73.9 Å². The van der Waals surface area contributed by atoms with Gasteiger partial charge in [-0.3, -0.25) is 4.79 Å². The van der Waals surface area contributed by atoms with Gasteiger partial charge in [0.25, 0.3) is 5.91 Å². The molecule has 25 heavy (non-hydrogen) atoms. The van der Waals surface area contributed by atoms with Crippen LogP contribution in [-0.2, 0) is 9.53 Å². The maximum Gasteiger partial charge on any atom is 0.338 e. The number of rotatable bonds is 7. The fourth-order valence-electron chi connectivity index (χ4n) is 2.14. The molecular formula is C19H21NO5. The molecule has 0 aliphatic rings. The fraction of sp³-hybridized carbons (Fsp3) is 0.263. The second-order valence-electron chi connectivity index (χ2n) is 5.20. The van der Waals surface area contributed by atoms with Crippen molar-refractivity contribution in [1.29, 1.82) is 0 Å². The van der Waals surface area contributed by atoms with Gasteiger partial charge < -0.3 is 19.5 Å². The summed E-state index contributed by atoms with van der Waals surface area (Å²) < 4.78 is 15.8. The highest BCUT2D eigenvalue weighted by Crippen LogP contribution is 2.27. The van der Waals surface area contributed by atoms with E-state index in [9.17, 15) is 9.59 Å². The lowest BCUT2D eigenvalue weighted by atomic mass is 10.2. The van der Waals surface area contributed by atoms with Crippen molar-refractivity contribution in [1.82, 2.24) is 0 Å². The molecule has 0 fully saturated rings. The zero-order valence-electron chi connectivity index (χ0n) is 14.4. The lowest BCUT2D eigenvalue weighted by molar-refractivity contribution is -0.122. The van der Waals surface area contributed by atoms with Gasteiger partial charge in [0.15, 0.2) is 17.6 Å². The zero-order chi connectivity index (χ0) is 18.2. The van der Waals surface area contributed by atoms with Crippen molar-refractivity contribution in [3.8, 4) is 11.5 Å². The maximum absolute atomic E-state index is 12.3. The molecule has 6 nitrogen and oxygen atoms in total. The van der Waals surface area contributed by atoms with E-state index in [-0.39, 0.29) is 5.91 Å². The summed E-state index contributed by atoms with van der Waals surface area (Å²) >= 11 is 0. The first kappa shape index (κ1) is 18.3. The number of nitrogens with one attached hydrogen (secondary N) is 1. The van der Waals surface area contributed by atoms with Gasteiger partial charge in [0.05, 0.1) is 19.3 Å². The van der Waals surface area contributed by atoms with E-state index in [0.29, 0.717) is 29.4 Å². The Bertz CT molecular complexity index is 744. The van der Waals surface area contributed by atoms with Crippen molar-refractivity contribution in [2.75, 3.05) is 19.0 Å². The number of carbonyl (C=O) groups is 2. The van der Waals surface area contributed by atoms with E-state index >= 15 is 0 Å². The molecule has 0 radical (unpaired) electrons. The molecule has 2 aromatic carbocycles. The second-order valence-corrected chi connectivity index (χ2v) is 5.20. The van der Waals surface area contributed by atoms with E-state index in [4.69, 9.17) is 14.2 Å². The largest absolute Gasteiger partial charge is 0.493 e. The molecule has 2 aromatic rings. The Morgan fingerprint density at radius 1 is 1.08 bits per heavy atom. The minimum atomic E-state index is -0.748. The van der Waals surface area contributed by atoms with Crippen LogP contribution in [0.15, 0.2) is 48.5 Å². The van der Waals surface area contributed by atoms with Crippen LogP contribution in [0.4, 0.5) is 5.69 Å². The molecular weight excluding hydrogens is 322 g/mol. The molecule has 0 aliphatic heterocycles. The molecule has 0 saturated carbocycles. The summed E-state index contributed by atoms with van der Waals surface area (Å²) in [7, 11) is 1.54. The van der Waals surface area contributed by atoms with Gasteiger partial charge in [0, 0.05) is 5.69 Å². The van der Waals surface area contributed by atoms with Gasteiger partial charge in [-0.15, -0.1) is 0 Å². The zero-order valence-corrected chi connectivity index (χ0v) is 14.4. The summed E-state index contributed by atoms with van der Waals surface area (Å²) in [4.78, 5) is 24.1. The summed E-state index contributed by atoms with van der Waals surface area (Å²) in [6.45, 7) is 3.66. The van der Waals surface area contributed by atoms with Crippen LogP contribution >= 0.6 is 0 Å². The predicted molar refractivity (Wildman–Crippen MR) is 94.1 cm³/mol. The molecule has 0 spiro atoms. The third-order valence-corrected chi connectivity index (χ3v) is 3.38. The third kappa shape index (κ3) is 4.97. The van der Waals surface area contributed by atoms with Gasteiger partial charge in [0.1, 0.15) is 0 Å². The third-order valence-electron chi connectivity index (χ3n) is 3.38. The molecule has 0 saturated heterocycles. The highest BCUT2D eigenvalue weighted by molar-refractivity contribution is 5.96. The smallest absolute Gasteiger partial charge is 0.338 e. The Balaban J connectivity index is 2.04. The van der Waals surface area contributed by atoms with Crippen LogP contribution in [0.1, 0.15) is 24.2 Å². The molecule has 1 amide bonds. The van der Waals surface area contributed by atoms with Gasteiger partial charge in [0.2, 0.25) is 0 Å². The van der Waals surface area contributed by atoms with Crippen molar-refractivity contribution in [3.05, 3.63) is 54.1 Å². The van der Waals surface area contributed by atoms with Crippen LogP contribution in [0, 0.1) is 0 Å². The molecule has 0 aromatic heterocycles. The van der Waals surface area contributed by atoms with E-state index in [1.165, 1.54) is 7.11 Å². The summed E-state index contributed by atoms with van der Waals surface area (Å²) in [5, 5.41) is 2.72. The first-order valence-electron chi connectivity index (χ1n) is 7.93. The van der Waals surface area contributed by atoms with E-state index in [1.807, 2.05) is 6.07 Å². The normalized spacial score (nSPS) is 11.3. The Labute approximate surface area is 146 Å². The lowest BCUT2D eigenvalue weighted by Gasteiger charge is -2.16. The minimum Gasteiger partial charge on any atom is -0.493 e. The van der Waals surface area contributed by atoms with Crippen LogP contribution in [-0.4, -0.2) is 31.7 Å². The van der Waals surface area contributed by atoms with Crippen LogP contribution in [0.2, 0.25) is 0 Å².